The summed E-state index contributed by atoms with van der Waals surface area (Å²) in [6.07, 6.45) is 0.753. The van der Waals surface area contributed by atoms with Crippen molar-refractivity contribution in [2.45, 2.75) is 27.2 Å². The van der Waals surface area contributed by atoms with Gasteiger partial charge in [0, 0.05) is 15.9 Å². The quantitative estimate of drug-likeness (QED) is 0.566. The molecular formula is C13H18BrN3. The zero-order valence-corrected chi connectivity index (χ0v) is 12.0. The highest BCUT2D eigenvalue weighted by molar-refractivity contribution is 9.10. The Morgan fingerprint density at radius 1 is 1.24 bits per heavy atom. The molecule has 3 nitrogen and oxygen atoms in total. The first kappa shape index (κ1) is 13.8. The SMILES string of the molecule is CCC(=N)C(C)=C(C)NNc1ccc(Br)cc1. The van der Waals surface area contributed by atoms with Crippen molar-refractivity contribution in [3.8, 4) is 0 Å². The molecule has 0 saturated carbocycles. The van der Waals surface area contributed by atoms with Gasteiger partial charge in [0.1, 0.15) is 0 Å². The average molecular weight is 296 g/mol. The number of hydrogen-bond acceptors (Lipinski definition) is 3. The summed E-state index contributed by atoms with van der Waals surface area (Å²) in [5, 5.41) is 7.75. The number of anilines is 1. The highest BCUT2D eigenvalue weighted by Crippen LogP contribution is 2.13. The lowest BCUT2D eigenvalue weighted by atomic mass is 10.1. The van der Waals surface area contributed by atoms with Crippen molar-refractivity contribution in [3.63, 3.8) is 0 Å². The minimum atomic E-state index is 0.660. The standard InChI is InChI=1S/C13H18BrN3/c1-4-13(15)9(2)10(3)16-17-12-7-5-11(14)6-8-12/h5-8,15-17H,4H2,1-3H3. The normalized spacial score (nSPS) is 11.8. The molecule has 1 rings (SSSR count). The third-order valence-corrected chi connectivity index (χ3v) is 3.14. The van der Waals surface area contributed by atoms with Crippen molar-refractivity contribution in [1.29, 1.82) is 5.41 Å². The molecule has 0 heterocycles. The molecule has 1 aromatic carbocycles. The van der Waals surface area contributed by atoms with E-state index in [4.69, 9.17) is 5.41 Å². The fourth-order valence-corrected chi connectivity index (χ4v) is 1.55. The molecule has 0 saturated heterocycles. The maximum atomic E-state index is 7.75. The second-order valence-electron chi connectivity index (χ2n) is 3.84. The molecule has 17 heavy (non-hydrogen) atoms. The van der Waals surface area contributed by atoms with Crippen LogP contribution < -0.4 is 10.9 Å². The molecular weight excluding hydrogens is 278 g/mol. The lowest BCUT2D eigenvalue weighted by molar-refractivity contribution is 0.943. The van der Waals surface area contributed by atoms with Crippen LogP contribution in [-0.2, 0) is 0 Å². The van der Waals surface area contributed by atoms with E-state index in [2.05, 4.69) is 26.8 Å². The van der Waals surface area contributed by atoms with E-state index in [0.29, 0.717) is 5.71 Å². The van der Waals surface area contributed by atoms with Crippen molar-refractivity contribution in [3.05, 3.63) is 40.0 Å². The molecule has 0 spiro atoms. The van der Waals surface area contributed by atoms with Gasteiger partial charge in [0.2, 0.25) is 0 Å². The van der Waals surface area contributed by atoms with E-state index in [1.165, 1.54) is 0 Å². The Bertz CT molecular complexity index is 421. The van der Waals surface area contributed by atoms with E-state index in [1.54, 1.807) is 0 Å². The third kappa shape index (κ3) is 4.23. The van der Waals surface area contributed by atoms with Crippen LogP contribution in [0.1, 0.15) is 27.2 Å². The largest absolute Gasteiger partial charge is 0.305 e. The van der Waals surface area contributed by atoms with Gasteiger partial charge in [-0.25, -0.2) is 0 Å². The van der Waals surface area contributed by atoms with Crippen molar-refractivity contribution in [1.82, 2.24) is 5.43 Å². The van der Waals surface area contributed by atoms with E-state index < -0.39 is 0 Å². The summed E-state index contributed by atoms with van der Waals surface area (Å²) in [5.74, 6) is 0. The first-order valence-electron chi connectivity index (χ1n) is 5.57. The molecule has 0 atom stereocenters. The van der Waals surface area contributed by atoms with Gasteiger partial charge in [-0.15, -0.1) is 0 Å². The lowest BCUT2D eigenvalue weighted by Crippen LogP contribution is -2.21. The van der Waals surface area contributed by atoms with E-state index >= 15 is 0 Å². The molecule has 0 aromatic heterocycles. The molecule has 0 fully saturated rings. The van der Waals surface area contributed by atoms with Gasteiger partial charge in [0.05, 0.1) is 5.69 Å². The second-order valence-corrected chi connectivity index (χ2v) is 4.75. The summed E-state index contributed by atoms with van der Waals surface area (Å²) in [7, 11) is 0. The average Bonchev–Trinajstić information content (AvgIpc) is 2.35. The van der Waals surface area contributed by atoms with Gasteiger partial charge in [0.15, 0.2) is 0 Å². The molecule has 0 aliphatic heterocycles. The summed E-state index contributed by atoms with van der Waals surface area (Å²) in [5.41, 5.74) is 9.82. The van der Waals surface area contributed by atoms with Crippen LogP contribution in [0.5, 0.6) is 0 Å². The number of halogens is 1. The van der Waals surface area contributed by atoms with Crippen LogP contribution in [0.2, 0.25) is 0 Å². The van der Waals surface area contributed by atoms with Crippen LogP contribution in [0.3, 0.4) is 0 Å². The van der Waals surface area contributed by atoms with Crippen LogP contribution in [0.4, 0.5) is 5.69 Å². The monoisotopic (exact) mass is 295 g/mol. The number of allylic oxidation sites excluding steroid dienone is 2. The summed E-state index contributed by atoms with van der Waals surface area (Å²) >= 11 is 3.39. The van der Waals surface area contributed by atoms with Crippen LogP contribution in [-0.4, -0.2) is 5.71 Å². The molecule has 1 aromatic rings. The Labute approximate surface area is 111 Å². The van der Waals surface area contributed by atoms with Gasteiger partial charge >= 0.3 is 0 Å². The smallest absolute Gasteiger partial charge is 0.0540 e. The predicted octanol–water partition coefficient (Wildman–Crippen LogP) is 4.09. The zero-order valence-electron chi connectivity index (χ0n) is 10.4. The minimum absolute atomic E-state index is 0.660. The number of benzene rings is 1. The Balaban J connectivity index is 2.61. The Morgan fingerprint density at radius 2 is 1.82 bits per heavy atom. The summed E-state index contributed by atoms with van der Waals surface area (Å²) in [6.45, 7) is 5.91. The van der Waals surface area contributed by atoms with Crippen molar-refractivity contribution >= 4 is 27.3 Å². The summed E-state index contributed by atoms with van der Waals surface area (Å²) in [6, 6.07) is 7.91. The Kier molecular flexibility index (Phi) is 5.22. The van der Waals surface area contributed by atoms with Gasteiger partial charge in [-0.2, -0.15) is 0 Å². The molecule has 4 heteroatoms. The molecule has 0 aliphatic carbocycles. The van der Waals surface area contributed by atoms with E-state index in [0.717, 1.165) is 27.9 Å². The highest BCUT2D eigenvalue weighted by Gasteiger charge is 2.01. The summed E-state index contributed by atoms with van der Waals surface area (Å²) < 4.78 is 1.05. The fraction of sp³-hybridized carbons (Fsp3) is 0.308. The van der Waals surface area contributed by atoms with E-state index in [1.807, 2.05) is 45.0 Å². The molecule has 0 unspecified atom stereocenters. The molecule has 0 bridgehead atoms. The van der Waals surface area contributed by atoms with Gasteiger partial charge in [-0.05, 0) is 50.1 Å². The third-order valence-electron chi connectivity index (χ3n) is 2.61. The molecule has 0 amide bonds. The molecule has 0 aliphatic rings. The van der Waals surface area contributed by atoms with Gasteiger partial charge in [0.25, 0.3) is 0 Å². The maximum Gasteiger partial charge on any atom is 0.0540 e. The first-order chi connectivity index (χ1) is 8.04. The molecule has 92 valence electrons. The van der Waals surface area contributed by atoms with Crippen molar-refractivity contribution < 1.29 is 0 Å². The number of rotatable bonds is 5. The molecule has 3 N–H and O–H groups in total. The number of hydrogen-bond donors (Lipinski definition) is 3. The van der Waals surface area contributed by atoms with Gasteiger partial charge in [-0.1, -0.05) is 22.9 Å². The predicted molar refractivity (Wildman–Crippen MR) is 77.3 cm³/mol. The summed E-state index contributed by atoms with van der Waals surface area (Å²) in [4.78, 5) is 0. The number of hydrazine groups is 1. The fourth-order valence-electron chi connectivity index (χ4n) is 1.28. The van der Waals surface area contributed by atoms with Crippen LogP contribution in [0.15, 0.2) is 40.0 Å². The topological polar surface area (TPSA) is 47.9 Å². The van der Waals surface area contributed by atoms with E-state index in [-0.39, 0.29) is 0 Å². The number of nitrogens with one attached hydrogen (secondary N) is 3. The Hall–Kier alpha value is -1.29. The van der Waals surface area contributed by atoms with Crippen molar-refractivity contribution in [2.24, 2.45) is 0 Å². The van der Waals surface area contributed by atoms with Crippen LogP contribution >= 0.6 is 15.9 Å². The van der Waals surface area contributed by atoms with Crippen LogP contribution in [0.25, 0.3) is 0 Å². The first-order valence-corrected chi connectivity index (χ1v) is 6.36. The lowest BCUT2D eigenvalue weighted by Gasteiger charge is -2.13. The molecule has 0 radical (unpaired) electrons. The second kappa shape index (κ2) is 6.45. The maximum absolute atomic E-state index is 7.75. The van der Waals surface area contributed by atoms with Gasteiger partial charge in [-0.3, -0.25) is 0 Å². The van der Waals surface area contributed by atoms with Crippen molar-refractivity contribution in [2.75, 3.05) is 5.43 Å². The van der Waals surface area contributed by atoms with E-state index in [9.17, 15) is 0 Å². The highest BCUT2D eigenvalue weighted by atomic mass is 79.9. The zero-order chi connectivity index (χ0) is 12.8. The minimum Gasteiger partial charge on any atom is -0.305 e. The Morgan fingerprint density at radius 3 is 2.35 bits per heavy atom. The van der Waals surface area contributed by atoms with Crippen LogP contribution in [0, 0.1) is 5.41 Å². The van der Waals surface area contributed by atoms with Gasteiger partial charge < -0.3 is 16.3 Å².